The highest BCUT2D eigenvalue weighted by Gasteiger charge is 2.12. The second-order valence-electron chi connectivity index (χ2n) is 6.44. The Morgan fingerprint density at radius 3 is 2.14 bits per heavy atom. The summed E-state index contributed by atoms with van der Waals surface area (Å²) >= 11 is 0. The number of aryl methyl sites for hydroxylation is 1. The fourth-order valence-electron chi connectivity index (χ4n) is 2.00. The molecule has 1 amide bonds. The Kier molecular flexibility index (Phi) is 4.76. The lowest BCUT2D eigenvalue weighted by molar-refractivity contribution is 0.0955. The molecule has 0 aromatic heterocycles. The van der Waals surface area contributed by atoms with Crippen LogP contribution >= 0.6 is 0 Å². The number of hydrogen-bond donors (Lipinski definition) is 1. The van der Waals surface area contributed by atoms with Gasteiger partial charge in [-0.2, -0.15) is 5.10 Å². The van der Waals surface area contributed by atoms with Crippen molar-refractivity contribution in [3.05, 3.63) is 70.8 Å². The molecule has 1 N–H and O–H groups in total. The van der Waals surface area contributed by atoms with Crippen LogP contribution < -0.4 is 5.43 Å². The average Bonchev–Trinajstić information content (AvgIpc) is 2.47. The largest absolute Gasteiger partial charge is 0.271 e. The number of nitrogens with zero attached hydrogens (tertiary/aromatic N) is 1. The highest BCUT2D eigenvalue weighted by molar-refractivity contribution is 5.94. The highest BCUT2D eigenvalue weighted by Crippen LogP contribution is 2.21. The minimum absolute atomic E-state index is 0.134. The van der Waals surface area contributed by atoms with Gasteiger partial charge < -0.3 is 0 Å². The van der Waals surface area contributed by atoms with Gasteiger partial charge in [0.2, 0.25) is 0 Å². The summed E-state index contributed by atoms with van der Waals surface area (Å²) in [6.45, 7) is 8.52. The van der Waals surface area contributed by atoms with Crippen molar-refractivity contribution in [2.45, 2.75) is 33.1 Å². The monoisotopic (exact) mass is 294 g/mol. The highest BCUT2D eigenvalue weighted by atomic mass is 16.2. The molecular formula is C19H22N2O. The second kappa shape index (κ2) is 6.56. The van der Waals surface area contributed by atoms with E-state index in [1.54, 1.807) is 18.3 Å². The van der Waals surface area contributed by atoms with E-state index in [9.17, 15) is 4.79 Å². The predicted molar refractivity (Wildman–Crippen MR) is 91.4 cm³/mol. The Bertz CT molecular complexity index is 662. The van der Waals surface area contributed by atoms with Crippen LogP contribution in [0, 0.1) is 6.92 Å². The van der Waals surface area contributed by atoms with Gasteiger partial charge in [0.1, 0.15) is 0 Å². The Hall–Kier alpha value is -2.42. The number of nitrogens with one attached hydrogen (secondary N) is 1. The van der Waals surface area contributed by atoms with Crippen LogP contribution in [0.1, 0.15) is 47.8 Å². The molecule has 0 heterocycles. The van der Waals surface area contributed by atoms with E-state index in [0.29, 0.717) is 5.56 Å². The van der Waals surface area contributed by atoms with Gasteiger partial charge in [-0.15, -0.1) is 0 Å². The quantitative estimate of drug-likeness (QED) is 0.673. The standard InChI is InChI=1S/C19H22N2O/c1-14-5-9-16(10-6-14)18(22)21-20-13-15-7-11-17(12-8-15)19(2,3)4/h5-13H,1-4H3,(H,21,22)/b20-13+. The van der Waals surface area contributed by atoms with Crippen LogP contribution in [0.4, 0.5) is 0 Å². The van der Waals surface area contributed by atoms with E-state index in [-0.39, 0.29) is 11.3 Å². The maximum atomic E-state index is 11.9. The van der Waals surface area contributed by atoms with E-state index in [1.165, 1.54) is 5.56 Å². The van der Waals surface area contributed by atoms with Crippen molar-refractivity contribution < 1.29 is 4.79 Å². The minimum Gasteiger partial charge on any atom is -0.267 e. The summed E-state index contributed by atoms with van der Waals surface area (Å²) in [5.74, 6) is -0.206. The van der Waals surface area contributed by atoms with Crippen LogP contribution in [0.15, 0.2) is 53.6 Å². The van der Waals surface area contributed by atoms with Gasteiger partial charge in [-0.05, 0) is 35.6 Å². The molecule has 0 saturated carbocycles. The third-order valence-corrected chi connectivity index (χ3v) is 3.47. The third-order valence-electron chi connectivity index (χ3n) is 3.47. The lowest BCUT2D eigenvalue weighted by Crippen LogP contribution is -2.17. The van der Waals surface area contributed by atoms with Crippen molar-refractivity contribution in [1.82, 2.24) is 5.43 Å². The number of hydrogen-bond acceptors (Lipinski definition) is 2. The predicted octanol–water partition coefficient (Wildman–Crippen LogP) is 4.06. The van der Waals surface area contributed by atoms with Crippen molar-refractivity contribution in [1.29, 1.82) is 0 Å². The normalized spacial score (nSPS) is 11.6. The van der Waals surface area contributed by atoms with Crippen LogP contribution in [0.3, 0.4) is 0 Å². The zero-order chi connectivity index (χ0) is 16.2. The number of benzene rings is 2. The molecule has 3 nitrogen and oxygen atoms in total. The maximum Gasteiger partial charge on any atom is 0.271 e. The molecule has 0 radical (unpaired) electrons. The molecule has 0 aliphatic carbocycles. The first-order valence-electron chi connectivity index (χ1n) is 7.37. The fourth-order valence-corrected chi connectivity index (χ4v) is 2.00. The zero-order valence-electron chi connectivity index (χ0n) is 13.6. The van der Waals surface area contributed by atoms with Crippen LogP contribution in [0.5, 0.6) is 0 Å². The van der Waals surface area contributed by atoms with Crippen molar-refractivity contribution in [3.8, 4) is 0 Å². The molecule has 2 aromatic carbocycles. The minimum atomic E-state index is -0.206. The molecule has 0 fully saturated rings. The third kappa shape index (κ3) is 4.29. The Morgan fingerprint density at radius 2 is 1.59 bits per heavy atom. The summed E-state index contributed by atoms with van der Waals surface area (Å²) in [6, 6.07) is 15.6. The molecule has 22 heavy (non-hydrogen) atoms. The summed E-state index contributed by atoms with van der Waals surface area (Å²) in [5, 5.41) is 4.01. The van der Waals surface area contributed by atoms with E-state index in [2.05, 4.69) is 43.4 Å². The van der Waals surface area contributed by atoms with Gasteiger partial charge in [-0.1, -0.05) is 62.7 Å². The smallest absolute Gasteiger partial charge is 0.267 e. The summed E-state index contributed by atoms with van der Waals surface area (Å²) in [4.78, 5) is 11.9. The molecule has 2 rings (SSSR count). The van der Waals surface area contributed by atoms with Gasteiger partial charge >= 0.3 is 0 Å². The molecular weight excluding hydrogens is 272 g/mol. The van der Waals surface area contributed by atoms with Gasteiger partial charge in [0, 0.05) is 5.56 Å². The Morgan fingerprint density at radius 1 is 1.00 bits per heavy atom. The lowest BCUT2D eigenvalue weighted by atomic mass is 9.87. The lowest BCUT2D eigenvalue weighted by Gasteiger charge is -2.18. The number of hydrazone groups is 1. The van der Waals surface area contributed by atoms with E-state index in [0.717, 1.165) is 11.1 Å². The summed E-state index contributed by atoms with van der Waals surface area (Å²) in [7, 11) is 0. The van der Waals surface area contributed by atoms with E-state index in [1.807, 2.05) is 31.2 Å². The molecule has 0 atom stereocenters. The summed E-state index contributed by atoms with van der Waals surface area (Å²) in [6.07, 6.45) is 1.65. The van der Waals surface area contributed by atoms with E-state index >= 15 is 0 Å². The van der Waals surface area contributed by atoms with Crippen LogP contribution in [0.2, 0.25) is 0 Å². The first-order chi connectivity index (χ1) is 10.4. The van der Waals surface area contributed by atoms with Gasteiger partial charge in [0.15, 0.2) is 0 Å². The van der Waals surface area contributed by atoms with Gasteiger partial charge in [-0.3, -0.25) is 4.79 Å². The Labute approximate surface area is 132 Å². The number of carbonyl (C=O) groups is 1. The second-order valence-corrected chi connectivity index (χ2v) is 6.44. The molecule has 0 saturated heterocycles. The van der Waals surface area contributed by atoms with E-state index in [4.69, 9.17) is 0 Å². The topological polar surface area (TPSA) is 41.5 Å². The molecule has 2 aromatic rings. The van der Waals surface area contributed by atoms with Crippen LogP contribution in [0.25, 0.3) is 0 Å². The number of amides is 1. The molecule has 3 heteroatoms. The van der Waals surface area contributed by atoms with Crippen LogP contribution in [-0.2, 0) is 5.41 Å². The first-order valence-corrected chi connectivity index (χ1v) is 7.37. The molecule has 0 bridgehead atoms. The van der Waals surface area contributed by atoms with Gasteiger partial charge in [0.05, 0.1) is 6.21 Å². The van der Waals surface area contributed by atoms with Crippen molar-refractivity contribution in [2.75, 3.05) is 0 Å². The zero-order valence-corrected chi connectivity index (χ0v) is 13.6. The molecule has 114 valence electrons. The number of rotatable bonds is 3. The van der Waals surface area contributed by atoms with Gasteiger partial charge in [0.25, 0.3) is 5.91 Å². The summed E-state index contributed by atoms with van der Waals surface area (Å²) in [5.41, 5.74) is 6.63. The molecule has 0 spiro atoms. The van der Waals surface area contributed by atoms with Crippen molar-refractivity contribution in [2.24, 2.45) is 5.10 Å². The fraction of sp³-hybridized carbons (Fsp3) is 0.263. The van der Waals surface area contributed by atoms with Crippen molar-refractivity contribution >= 4 is 12.1 Å². The molecule has 0 aliphatic rings. The van der Waals surface area contributed by atoms with Crippen LogP contribution in [-0.4, -0.2) is 12.1 Å². The summed E-state index contributed by atoms with van der Waals surface area (Å²) < 4.78 is 0. The first kappa shape index (κ1) is 16.0. The Balaban J connectivity index is 1.97. The SMILES string of the molecule is Cc1ccc(C(=O)N/N=C/c2ccc(C(C)(C)C)cc2)cc1. The average molecular weight is 294 g/mol. The maximum absolute atomic E-state index is 11.9. The molecule has 0 aliphatic heterocycles. The van der Waals surface area contributed by atoms with Crippen molar-refractivity contribution in [3.63, 3.8) is 0 Å². The number of carbonyl (C=O) groups excluding carboxylic acids is 1. The van der Waals surface area contributed by atoms with Gasteiger partial charge in [-0.25, -0.2) is 5.43 Å². The molecule has 0 unspecified atom stereocenters. The van der Waals surface area contributed by atoms with E-state index < -0.39 is 0 Å².